The van der Waals surface area contributed by atoms with Crippen LogP contribution in [0.4, 0.5) is 11.4 Å². The van der Waals surface area contributed by atoms with Crippen LogP contribution in [0.2, 0.25) is 0 Å². The summed E-state index contributed by atoms with van der Waals surface area (Å²) in [6, 6.07) is 11.8. The van der Waals surface area contributed by atoms with Crippen LogP contribution in [0.15, 0.2) is 48.5 Å². The minimum absolute atomic E-state index is 0.000328. The maximum absolute atomic E-state index is 13.6. The van der Waals surface area contributed by atoms with Gasteiger partial charge in [-0.2, -0.15) is 0 Å². The molecule has 1 aliphatic carbocycles. The molecular weight excluding hydrogens is 496 g/mol. The lowest BCUT2D eigenvalue weighted by Gasteiger charge is -2.33. The van der Waals surface area contributed by atoms with Crippen molar-refractivity contribution in [2.75, 3.05) is 17.1 Å². The Kier molecular flexibility index (Phi) is 9.25. The topological polar surface area (TPSA) is 130 Å². The lowest BCUT2D eigenvalue weighted by Crippen LogP contribution is -2.52. The number of nitrogens with zero attached hydrogens (tertiary/aromatic N) is 3. The zero-order chi connectivity index (χ0) is 27.2. The number of nitro benzene ring substituents is 1. The van der Waals surface area contributed by atoms with Crippen molar-refractivity contribution < 1.29 is 22.9 Å². The Bertz CT molecular complexity index is 1230. The summed E-state index contributed by atoms with van der Waals surface area (Å²) in [7, 11) is -3.97. The smallest absolute Gasteiger partial charge is 0.271 e. The number of hydrogen-bond donors (Lipinski definition) is 1. The second-order valence-electron chi connectivity index (χ2n) is 9.57. The molecule has 0 heterocycles. The molecule has 1 unspecified atom stereocenters. The molecule has 1 fully saturated rings. The second-order valence-corrected chi connectivity index (χ2v) is 11.5. The largest absolute Gasteiger partial charge is 0.352 e. The first-order chi connectivity index (χ1) is 17.5. The Balaban J connectivity index is 1.89. The van der Waals surface area contributed by atoms with E-state index in [9.17, 15) is 28.1 Å². The third kappa shape index (κ3) is 7.75. The summed E-state index contributed by atoms with van der Waals surface area (Å²) >= 11 is 0. The van der Waals surface area contributed by atoms with E-state index in [1.165, 1.54) is 23.1 Å². The number of hydrogen-bond acceptors (Lipinski definition) is 6. The lowest BCUT2D eigenvalue weighted by molar-refractivity contribution is -0.384. The molecule has 11 heteroatoms. The molecule has 2 aromatic carbocycles. The van der Waals surface area contributed by atoms with Gasteiger partial charge in [0.25, 0.3) is 5.69 Å². The lowest BCUT2D eigenvalue weighted by atomic mass is 9.95. The Morgan fingerprint density at radius 3 is 2.35 bits per heavy atom. The van der Waals surface area contributed by atoms with E-state index in [0.717, 1.165) is 59.9 Å². The minimum Gasteiger partial charge on any atom is -0.352 e. The Morgan fingerprint density at radius 2 is 1.76 bits per heavy atom. The van der Waals surface area contributed by atoms with Gasteiger partial charge in [0.1, 0.15) is 12.6 Å². The van der Waals surface area contributed by atoms with Gasteiger partial charge in [0.2, 0.25) is 21.8 Å². The molecule has 2 amide bonds. The molecule has 0 aliphatic heterocycles. The number of nitro groups is 1. The molecule has 0 aromatic heterocycles. The van der Waals surface area contributed by atoms with Crippen LogP contribution in [-0.4, -0.2) is 54.9 Å². The number of benzene rings is 2. The van der Waals surface area contributed by atoms with Crippen LogP contribution in [0, 0.1) is 17.0 Å². The van der Waals surface area contributed by atoms with Gasteiger partial charge in [-0.25, -0.2) is 8.42 Å². The Labute approximate surface area is 217 Å². The van der Waals surface area contributed by atoms with Crippen molar-refractivity contribution in [1.29, 1.82) is 0 Å². The number of amides is 2. The molecule has 1 aliphatic rings. The van der Waals surface area contributed by atoms with Crippen molar-refractivity contribution in [3.63, 3.8) is 0 Å². The van der Waals surface area contributed by atoms with Crippen molar-refractivity contribution >= 4 is 33.2 Å². The molecule has 37 heavy (non-hydrogen) atoms. The monoisotopic (exact) mass is 530 g/mol. The van der Waals surface area contributed by atoms with Crippen LogP contribution >= 0.6 is 0 Å². The molecule has 1 saturated carbocycles. The van der Waals surface area contributed by atoms with Crippen LogP contribution < -0.4 is 9.62 Å². The average molecular weight is 531 g/mol. The van der Waals surface area contributed by atoms with Crippen molar-refractivity contribution in [1.82, 2.24) is 10.2 Å². The maximum atomic E-state index is 13.6. The van der Waals surface area contributed by atoms with Crippen molar-refractivity contribution in [2.24, 2.45) is 0 Å². The molecule has 0 saturated heterocycles. The molecule has 200 valence electrons. The van der Waals surface area contributed by atoms with Crippen molar-refractivity contribution in [2.45, 2.75) is 64.6 Å². The maximum Gasteiger partial charge on any atom is 0.271 e. The Hall–Kier alpha value is -3.47. The molecule has 1 atom stereocenters. The normalized spacial score (nSPS) is 15.0. The van der Waals surface area contributed by atoms with Gasteiger partial charge in [0, 0.05) is 24.7 Å². The van der Waals surface area contributed by atoms with Crippen LogP contribution in [0.5, 0.6) is 0 Å². The van der Waals surface area contributed by atoms with Gasteiger partial charge in [0.05, 0.1) is 16.9 Å². The molecule has 0 spiro atoms. The first kappa shape index (κ1) is 28.1. The summed E-state index contributed by atoms with van der Waals surface area (Å²) in [5, 5.41) is 14.3. The molecule has 10 nitrogen and oxygen atoms in total. The quantitative estimate of drug-likeness (QED) is 0.369. The number of nitrogens with one attached hydrogen (secondary N) is 1. The summed E-state index contributed by atoms with van der Waals surface area (Å²) in [5.41, 5.74) is 1.53. The highest BCUT2D eigenvalue weighted by Gasteiger charge is 2.31. The highest BCUT2D eigenvalue weighted by molar-refractivity contribution is 7.92. The van der Waals surface area contributed by atoms with Crippen molar-refractivity contribution in [3.05, 3.63) is 69.8 Å². The predicted molar refractivity (Wildman–Crippen MR) is 141 cm³/mol. The fourth-order valence-electron chi connectivity index (χ4n) is 4.42. The van der Waals surface area contributed by atoms with Gasteiger partial charge in [-0.15, -0.1) is 0 Å². The highest BCUT2D eigenvalue weighted by Crippen LogP contribution is 2.24. The van der Waals surface area contributed by atoms with Gasteiger partial charge in [0.15, 0.2) is 0 Å². The molecule has 0 bridgehead atoms. The van der Waals surface area contributed by atoms with E-state index in [0.29, 0.717) is 0 Å². The summed E-state index contributed by atoms with van der Waals surface area (Å²) < 4.78 is 26.1. The molecule has 0 radical (unpaired) electrons. The molecule has 3 rings (SSSR count). The summed E-state index contributed by atoms with van der Waals surface area (Å²) in [6.07, 6.45) is 5.93. The number of rotatable bonds is 10. The SMILES string of the molecule is Cc1ccc(CN(C(=O)CN(c2cccc([N+](=O)[O-])c2)S(C)(=O)=O)C(C)C(=O)NC2CCCCC2)cc1. The average Bonchev–Trinajstić information content (AvgIpc) is 2.86. The van der Waals surface area contributed by atoms with Gasteiger partial charge >= 0.3 is 0 Å². The third-order valence-electron chi connectivity index (χ3n) is 6.60. The van der Waals surface area contributed by atoms with Crippen molar-refractivity contribution in [3.8, 4) is 0 Å². The molecule has 2 aromatic rings. The van der Waals surface area contributed by atoms with Gasteiger partial charge < -0.3 is 10.2 Å². The molecule has 1 N–H and O–H groups in total. The van der Waals surface area contributed by atoms with Crippen LogP contribution in [-0.2, 0) is 26.2 Å². The summed E-state index contributed by atoms with van der Waals surface area (Å²) in [6.45, 7) is 3.07. The van der Waals surface area contributed by atoms with Gasteiger partial charge in [-0.05, 0) is 38.3 Å². The summed E-state index contributed by atoms with van der Waals surface area (Å²) in [5.74, 6) is -0.891. The first-order valence-corrected chi connectivity index (χ1v) is 14.2. The van der Waals surface area contributed by atoms with E-state index >= 15 is 0 Å². The van der Waals surface area contributed by atoms with Crippen LogP contribution in [0.1, 0.15) is 50.2 Å². The third-order valence-corrected chi connectivity index (χ3v) is 7.74. The van der Waals surface area contributed by atoms with E-state index in [1.54, 1.807) is 6.92 Å². The molecular formula is C26H34N4O6S. The zero-order valence-corrected chi connectivity index (χ0v) is 22.2. The Morgan fingerprint density at radius 1 is 1.11 bits per heavy atom. The van der Waals surface area contributed by atoms with Gasteiger partial charge in [-0.3, -0.25) is 24.0 Å². The van der Waals surface area contributed by atoms with Crippen LogP contribution in [0.3, 0.4) is 0 Å². The number of non-ortho nitro benzene ring substituents is 1. The van der Waals surface area contributed by atoms with E-state index in [4.69, 9.17) is 0 Å². The fourth-order valence-corrected chi connectivity index (χ4v) is 5.26. The standard InChI is InChI=1S/C26H34N4O6S/c1-19-12-14-21(15-13-19)17-28(20(2)26(32)27-22-8-5-4-6-9-22)25(31)18-29(37(3,35)36)23-10-7-11-24(16-23)30(33)34/h7,10-16,20,22H,4-6,8-9,17-18H2,1-3H3,(H,27,32). The highest BCUT2D eigenvalue weighted by atomic mass is 32.2. The van der Waals surface area contributed by atoms with Gasteiger partial charge in [-0.1, -0.05) is 55.2 Å². The first-order valence-electron chi connectivity index (χ1n) is 12.3. The predicted octanol–water partition coefficient (Wildman–Crippen LogP) is 3.54. The summed E-state index contributed by atoms with van der Waals surface area (Å²) in [4.78, 5) is 38.7. The van der Waals surface area contributed by atoms with E-state index in [1.807, 2.05) is 31.2 Å². The fraction of sp³-hybridized carbons (Fsp3) is 0.462. The zero-order valence-electron chi connectivity index (χ0n) is 21.4. The number of aryl methyl sites for hydroxylation is 1. The number of carbonyl (C=O) groups excluding carboxylic acids is 2. The van der Waals surface area contributed by atoms with Crippen LogP contribution in [0.25, 0.3) is 0 Å². The number of anilines is 1. The van der Waals surface area contributed by atoms with E-state index < -0.39 is 33.4 Å². The number of sulfonamides is 1. The second kappa shape index (κ2) is 12.2. The van der Waals surface area contributed by atoms with E-state index in [-0.39, 0.29) is 29.9 Å². The number of carbonyl (C=O) groups is 2. The minimum atomic E-state index is -3.97. The van der Waals surface area contributed by atoms with E-state index in [2.05, 4.69) is 5.32 Å².